The van der Waals surface area contributed by atoms with E-state index >= 15 is 0 Å². The van der Waals surface area contributed by atoms with Gasteiger partial charge in [-0.3, -0.25) is 10.1 Å². The molecule has 0 heterocycles. The van der Waals surface area contributed by atoms with Crippen LogP contribution in [0.1, 0.15) is 85.5 Å². The lowest BCUT2D eigenvalue weighted by Crippen LogP contribution is -2.54. The predicted molar refractivity (Wildman–Crippen MR) is 122 cm³/mol. The summed E-state index contributed by atoms with van der Waals surface area (Å²) < 4.78 is 0. The van der Waals surface area contributed by atoms with Crippen molar-refractivity contribution in [1.29, 1.82) is 0 Å². The number of ketones is 1. The maximum atomic E-state index is 12.1. The van der Waals surface area contributed by atoms with Crippen molar-refractivity contribution in [3.8, 4) is 0 Å². The highest BCUT2D eigenvalue weighted by Crippen LogP contribution is 2.67. The topological polar surface area (TPSA) is 66.8 Å². The molecule has 0 aromatic heterocycles. The van der Waals surface area contributed by atoms with E-state index in [2.05, 4.69) is 32.2 Å². The smallest absolute Gasteiger partial charge is 0.155 e. The summed E-state index contributed by atoms with van der Waals surface area (Å²) in [5, 5.41) is 20.3. The van der Waals surface area contributed by atoms with E-state index in [0.717, 1.165) is 36.8 Å². The maximum absolute atomic E-state index is 12.1. The van der Waals surface area contributed by atoms with Crippen LogP contribution >= 0.6 is 0 Å². The summed E-state index contributed by atoms with van der Waals surface area (Å²) in [6, 6.07) is 0. The molecule has 31 heavy (non-hydrogen) atoms. The molecule has 0 aliphatic heterocycles. The number of aliphatic hydroxyl groups excluding tert-OH is 1. The van der Waals surface area contributed by atoms with Crippen molar-refractivity contribution in [3.05, 3.63) is 23.8 Å². The lowest BCUT2D eigenvalue weighted by atomic mass is 9.46. The Kier molecular flexibility index (Phi) is 6.30. The molecule has 0 spiro atoms. The van der Waals surface area contributed by atoms with Crippen LogP contribution < -0.4 is 0 Å². The summed E-state index contributed by atoms with van der Waals surface area (Å²) in [7, 11) is 0. The molecule has 0 saturated heterocycles. The van der Waals surface area contributed by atoms with Crippen molar-refractivity contribution in [3.63, 3.8) is 0 Å². The summed E-state index contributed by atoms with van der Waals surface area (Å²) in [5.74, 6) is 3.27. The van der Waals surface area contributed by atoms with E-state index in [1.165, 1.54) is 25.7 Å². The molecular weight excluding hydrogens is 388 g/mol. The Hall–Kier alpha value is -0.970. The minimum absolute atomic E-state index is 0.00551. The number of carbonyl (C=O) groups excluding carboxylic acids is 1. The van der Waals surface area contributed by atoms with E-state index in [0.29, 0.717) is 41.4 Å². The average molecular weight is 431 g/mol. The highest BCUT2D eigenvalue weighted by Gasteiger charge is 2.60. The zero-order valence-electron chi connectivity index (χ0n) is 19.9. The van der Waals surface area contributed by atoms with E-state index < -0.39 is 6.10 Å². The van der Waals surface area contributed by atoms with E-state index in [9.17, 15) is 15.2 Å². The molecule has 0 bridgehead atoms. The monoisotopic (exact) mass is 430 g/mol. The second kappa shape index (κ2) is 8.43. The number of rotatable bonds is 6. The predicted octanol–water partition coefficient (Wildman–Crippen LogP) is 5.96. The van der Waals surface area contributed by atoms with Gasteiger partial charge in [-0.1, -0.05) is 27.4 Å². The van der Waals surface area contributed by atoms with Crippen molar-refractivity contribution in [2.75, 3.05) is 0 Å². The molecule has 4 aliphatic carbocycles. The van der Waals surface area contributed by atoms with Gasteiger partial charge in [0.05, 0.1) is 6.10 Å². The van der Waals surface area contributed by atoms with Gasteiger partial charge in [0.2, 0.25) is 0 Å². The van der Waals surface area contributed by atoms with Crippen LogP contribution in [0.5, 0.6) is 0 Å². The van der Waals surface area contributed by atoms with Crippen molar-refractivity contribution < 1.29 is 20.0 Å². The summed E-state index contributed by atoms with van der Waals surface area (Å²) in [4.78, 5) is 16.7. The number of hydrogen-bond donors (Lipinski definition) is 2. The molecule has 3 saturated carbocycles. The van der Waals surface area contributed by atoms with Gasteiger partial charge in [-0.05, 0) is 116 Å². The molecule has 174 valence electrons. The number of carbonyl (C=O) groups is 1. The van der Waals surface area contributed by atoms with Crippen LogP contribution in [-0.4, -0.2) is 28.4 Å². The Morgan fingerprint density at radius 3 is 2.65 bits per heavy atom. The molecule has 0 aromatic carbocycles. The molecule has 4 aliphatic rings. The van der Waals surface area contributed by atoms with Gasteiger partial charge in [-0.25, -0.2) is 4.89 Å². The second-order valence-corrected chi connectivity index (χ2v) is 11.8. The Morgan fingerprint density at radius 2 is 1.97 bits per heavy atom. The number of hydrogen-bond acceptors (Lipinski definition) is 4. The van der Waals surface area contributed by atoms with Crippen LogP contribution in [0.15, 0.2) is 23.8 Å². The molecular formula is C27H42O4. The Balaban J connectivity index is 1.51. The molecule has 4 heteroatoms. The first-order chi connectivity index (χ1) is 14.6. The van der Waals surface area contributed by atoms with Crippen LogP contribution in [0, 0.1) is 40.4 Å². The molecule has 0 aromatic rings. The van der Waals surface area contributed by atoms with Crippen molar-refractivity contribution in [2.24, 2.45) is 40.4 Å². The Morgan fingerprint density at radius 1 is 1.23 bits per heavy atom. The number of fused-ring (bicyclic) bond motifs is 5. The van der Waals surface area contributed by atoms with E-state index in [1.54, 1.807) is 6.08 Å². The first kappa shape index (κ1) is 23.2. The highest BCUT2D eigenvalue weighted by molar-refractivity contribution is 5.91. The molecule has 9 atom stereocenters. The normalized spacial score (nSPS) is 44.0. The largest absolute Gasteiger partial charge is 0.389 e. The summed E-state index contributed by atoms with van der Waals surface area (Å²) in [6.07, 6.45) is 10.3. The van der Waals surface area contributed by atoms with Crippen LogP contribution in [-0.2, 0) is 9.68 Å². The Labute approximate surface area is 188 Å². The fraction of sp³-hybridized carbons (Fsp3) is 0.815. The van der Waals surface area contributed by atoms with E-state index in [1.807, 2.05) is 6.92 Å². The molecule has 0 amide bonds. The molecule has 4 nitrogen and oxygen atoms in total. The molecule has 3 fully saturated rings. The maximum Gasteiger partial charge on any atom is 0.155 e. The molecule has 4 unspecified atom stereocenters. The van der Waals surface area contributed by atoms with Gasteiger partial charge in [-0.15, -0.1) is 0 Å². The van der Waals surface area contributed by atoms with Gasteiger partial charge in [0.25, 0.3) is 0 Å². The van der Waals surface area contributed by atoms with Crippen LogP contribution in [0.4, 0.5) is 0 Å². The zero-order chi connectivity index (χ0) is 22.6. The van der Waals surface area contributed by atoms with Crippen LogP contribution in [0.2, 0.25) is 0 Å². The van der Waals surface area contributed by atoms with Crippen molar-refractivity contribution in [1.82, 2.24) is 0 Å². The SMILES string of the molecule is C=C(C)C(CC[C@@H](C)[C@H]1CCC2C3C[C@@H](O)C4=CC(=O)CC[C@]4(C)C3CC[C@@]21C)OO. The lowest BCUT2D eigenvalue weighted by molar-refractivity contribution is -0.270. The van der Waals surface area contributed by atoms with Gasteiger partial charge in [0, 0.05) is 6.42 Å². The van der Waals surface area contributed by atoms with Gasteiger partial charge < -0.3 is 5.11 Å². The zero-order valence-corrected chi connectivity index (χ0v) is 19.9. The van der Waals surface area contributed by atoms with Crippen molar-refractivity contribution in [2.45, 2.75) is 97.7 Å². The first-order valence-electron chi connectivity index (χ1n) is 12.5. The van der Waals surface area contributed by atoms with Crippen LogP contribution in [0.25, 0.3) is 0 Å². The van der Waals surface area contributed by atoms with Gasteiger partial charge >= 0.3 is 0 Å². The van der Waals surface area contributed by atoms with Crippen LogP contribution in [0.3, 0.4) is 0 Å². The number of aliphatic hydroxyl groups is 1. The Bertz CT molecular complexity index is 756. The minimum Gasteiger partial charge on any atom is -0.389 e. The molecule has 2 N–H and O–H groups in total. The first-order valence-corrected chi connectivity index (χ1v) is 12.5. The highest BCUT2D eigenvalue weighted by atomic mass is 17.1. The third-order valence-electron chi connectivity index (χ3n) is 10.3. The van der Waals surface area contributed by atoms with Gasteiger partial charge in [-0.2, -0.15) is 0 Å². The van der Waals surface area contributed by atoms with Gasteiger partial charge in [0.15, 0.2) is 5.78 Å². The fourth-order valence-corrected chi connectivity index (χ4v) is 8.59. The van der Waals surface area contributed by atoms with Gasteiger partial charge in [0.1, 0.15) is 6.10 Å². The summed E-state index contributed by atoms with van der Waals surface area (Å²) in [5.41, 5.74) is 2.23. The third kappa shape index (κ3) is 3.77. The lowest BCUT2D eigenvalue weighted by Gasteiger charge is -2.59. The third-order valence-corrected chi connectivity index (χ3v) is 10.3. The van der Waals surface area contributed by atoms with E-state index in [-0.39, 0.29) is 17.3 Å². The van der Waals surface area contributed by atoms with Crippen molar-refractivity contribution >= 4 is 5.78 Å². The molecule has 4 rings (SSSR count). The summed E-state index contributed by atoms with van der Waals surface area (Å²) in [6.45, 7) is 13.1. The van der Waals surface area contributed by atoms with E-state index in [4.69, 9.17) is 0 Å². The fourth-order valence-electron chi connectivity index (χ4n) is 8.59. The average Bonchev–Trinajstić information content (AvgIpc) is 3.07. The minimum atomic E-state index is -0.452. The standard InChI is InChI=1S/C27H42O4/c1-16(2)25(31-30)9-6-17(3)20-7-8-21-19-15-24(29)23-14-18(28)10-12-27(23,5)22(19)11-13-26(20,21)4/h14,17,19-22,24-25,29-30H,1,6-13,15H2,2-5H3/t17-,19?,20-,21?,22?,24-,25?,26-,27-/m1/s1. The quantitative estimate of drug-likeness (QED) is 0.310. The second-order valence-electron chi connectivity index (χ2n) is 11.8. The molecule has 0 radical (unpaired) electrons. The summed E-state index contributed by atoms with van der Waals surface area (Å²) >= 11 is 0.